The minimum absolute atomic E-state index is 0.0583. The molecule has 67 heavy (non-hydrogen) atoms. The number of carbonyl (C=O) groups excluding carboxylic acids is 6. The Balaban J connectivity index is 2.19. The van der Waals surface area contributed by atoms with Crippen LogP contribution in [-0.4, -0.2) is 174 Å². The van der Waals surface area contributed by atoms with Crippen LogP contribution < -0.4 is 10.6 Å². The van der Waals surface area contributed by atoms with Gasteiger partial charge in [-0.2, -0.15) is 0 Å². The number of hydrogen-bond acceptors (Lipinski definition) is 12. The first-order valence-electron chi connectivity index (χ1n) is 23.7. The van der Waals surface area contributed by atoms with Gasteiger partial charge in [0.05, 0.1) is 76.8 Å². The van der Waals surface area contributed by atoms with Crippen LogP contribution in [0.1, 0.15) is 86.6 Å². The van der Waals surface area contributed by atoms with Gasteiger partial charge in [0.25, 0.3) is 0 Å². The van der Waals surface area contributed by atoms with Gasteiger partial charge in [-0.25, -0.2) is 4.79 Å². The zero-order chi connectivity index (χ0) is 50.4. The van der Waals surface area contributed by atoms with Crippen molar-refractivity contribution >= 4 is 35.5 Å². The highest BCUT2D eigenvalue weighted by Crippen LogP contribution is 2.30. The summed E-state index contributed by atoms with van der Waals surface area (Å²) in [6.07, 6.45) is 0.721. The van der Waals surface area contributed by atoms with Crippen LogP contribution in [0.15, 0.2) is 42.5 Å². The highest BCUT2D eigenvalue weighted by atomic mass is 16.5. The molecule has 0 spiro atoms. The Morgan fingerprint density at radius 1 is 0.806 bits per heavy atom. The van der Waals surface area contributed by atoms with Crippen LogP contribution in [0.4, 0.5) is 0 Å². The maximum atomic E-state index is 14.6. The number of nitrogens with zero attached hydrogens (tertiary/aromatic N) is 3. The Bertz CT molecular complexity index is 1710. The van der Waals surface area contributed by atoms with Crippen molar-refractivity contribution in [3.63, 3.8) is 0 Å². The lowest BCUT2D eigenvalue weighted by Crippen LogP contribution is -2.60. The summed E-state index contributed by atoms with van der Waals surface area (Å²) in [5.74, 6) is -3.90. The molecule has 0 radical (unpaired) electrons. The molecule has 5 amide bonds. The summed E-state index contributed by atoms with van der Waals surface area (Å²) in [6, 6.07) is 5.55. The minimum atomic E-state index is -0.959. The summed E-state index contributed by atoms with van der Waals surface area (Å²) in [7, 11) is 7.52. The molecule has 2 rings (SSSR count). The summed E-state index contributed by atoms with van der Waals surface area (Å²) < 4.78 is 33.5. The van der Waals surface area contributed by atoms with Crippen LogP contribution in [0.2, 0.25) is 0 Å². The van der Waals surface area contributed by atoms with E-state index in [4.69, 9.17) is 28.4 Å². The van der Waals surface area contributed by atoms with Crippen molar-refractivity contribution in [3.8, 4) is 0 Å². The van der Waals surface area contributed by atoms with Gasteiger partial charge in [0.2, 0.25) is 29.5 Å². The highest BCUT2D eigenvalue weighted by Gasteiger charge is 2.44. The van der Waals surface area contributed by atoms with Gasteiger partial charge in [-0.3, -0.25) is 24.0 Å². The lowest BCUT2D eigenvalue weighted by atomic mass is 9.89. The lowest BCUT2D eigenvalue weighted by Gasteiger charge is -2.41. The predicted octanol–water partition coefficient (Wildman–Crippen LogP) is 4.06. The third-order valence-electron chi connectivity index (χ3n) is 12.6. The van der Waals surface area contributed by atoms with E-state index in [0.29, 0.717) is 45.6 Å². The first kappa shape index (κ1) is 58.7. The van der Waals surface area contributed by atoms with Gasteiger partial charge in [0, 0.05) is 41.3 Å². The number of hydrogen-bond donors (Lipinski definition) is 2. The molecule has 1 fully saturated rings. The fourth-order valence-electron chi connectivity index (χ4n) is 8.69. The molecule has 1 aromatic carbocycles. The third kappa shape index (κ3) is 18.2. The van der Waals surface area contributed by atoms with Gasteiger partial charge in [0.1, 0.15) is 24.7 Å². The fraction of sp³-hybridized carbons (Fsp3) is 0.720. The number of likely N-dealkylation sites (tertiary alicyclic amines) is 1. The van der Waals surface area contributed by atoms with E-state index in [1.807, 2.05) is 78.8 Å². The standard InChI is InChI=1S/C50H83N5O12/c1-15-35(8)45(54(11)49(60)43(33(4)5)52-48(59)44(34(6)7)53(10)42(57)31-67-27-25-65-24-26-66-30-32(2)3)40(62-12)29-41(56)55-23-19-22-39(55)46(63-13)36(9)47(58)51-38(50(61)64-14)28-37-20-17-16-18-21-37/h16-18,20-21,33-36,38-40,43-46H,2,15,19,22-31H2,1,3-14H3,(H,51,58)(H,52,59)/t35?,36-,38?,39?,40-,43+,44+,45+,46?/m1/s1. The first-order chi connectivity index (χ1) is 31.7. The zero-order valence-corrected chi connectivity index (χ0v) is 42.7. The summed E-state index contributed by atoms with van der Waals surface area (Å²) >= 11 is 0. The van der Waals surface area contributed by atoms with E-state index in [1.165, 1.54) is 26.2 Å². The molecule has 17 heteroatoms. The molecule has 17 nitrogen and oxygen atoms in total. The van der Waals surface area contributed by atoms with Crippen molar-refractivity contribution in [1.82, 2.24) is 25.3 Å². The molecule has 1 heterocycles. The van der Waals surface area contributed by atoms with E-state index in [-0.39, 0.29) is 62.2 Å². The van der Waals surface area contributed by atoms with Crippen molar-refractivity contribution in [2.75, 3.05) is 81.6 Å². The van der Waals surface area contributed by atoms with Crippen molar-refractivity contribution in [2.45, 2.75) is 130 Å². The average Bonchev–Trinajstić information content (AvgIpc) is 3.78. The van der Waals surface area contributed by atoms with Crippen molar-refractivity contribution in [1.29, 1.82) is 0 Å². The number of esters is 1. The summed E-state index contributed by atoms with van der Waals surface area (Å²) in [5, 5.41) is 5.82. The van der Waals surface area contributed by atoms with E-state index in [2.05, 4.69) is 17.2 Å². The fourth-order valence-corrected chi connectivity index (χ4v) is 8.69. The maximum Gasteiger partial charge on any atom is 0.328 e. The molecule has 9 atom stereocenters. The Morgan fingerprint density at radius 2 is 1.42 bits per heavy atom. The second-order valence-electron chi connectivity index (χ2n) is 18.5. The quantitative estimate of drug-likeness (QED) is 0.0618. The van der Waals surface area contributed by atoms with Crippen molar-refractivity contribution in [2.24, 2.45) is 23.7 Å². The second-order valence-corrected chi connectivity index (χ2v) is 18.5. The maximum absolute atomic E-state index is 14.6. The molecule has 0 bridgehead atoms. The van der Waals surface area contributed by atoms with E-state index in [1.54, 1.807) is 30.8 Å². The number of amides is 5. The van der Waals surface area contributed by atoms with Gasteiger partial charge in [-0.05, 0) is 43.1 Å². The Hall–Kier alpha value is -4.42. The third-order valence-corrected chi connectivity index (χ3v) is 12.6. The molecule has 0 saturated carbocycles. The number of carbonyl (C=O) groups is 6. The smallest absolute Gasteiger partial charge is 0.328 e. The SMILES string of the molecule is C=C(C)COCCOCCOCC(=O)N(C)[C@H](C(=O)N[C@H](C(=O)N(C)[C@@H](C(C)CC)[C@@H](CC(=O)N1CCCC1C(OC)[C@@H](C)C(=O)NC(Cc1ccccc1)C(=O)OC)OC)C(C)C)C(C)C. The molecule has 0 aliphatic carbocycles. The average molecular weight is 946 g/mol. The van der Waals surface area contributed by atoms with E-state index < -0.39 is 72.0 Å². The molecule has 1 aliphatic rings. The summed E-state index contributed by atoms with van der Waals surface area (Å²) in [5.41, 5.74) is 1.78. The van der Waals surface area contributed by atoms with E-state index in [9.17, 15) is 28.8 Å². The number of benzene rings is 1. The molecule has 380 valence electrons. The lowest BCUT2D eigenvalue weighted by molar-refractivity contribution is -0.149. The molecule has 4 unspecified atom stereocenters. The first-order valence-corrected chi connectivity index (χ1v) is 23.7. The van der Waals surface area contributed by atoms with Crippen LogP contribution in [0, 0.1) is 23.7 Å². The molecular formula is C50H83N5O12. The highest BCUT2D eigenvalue weighted by molar-refractivity contribution is 5.92. The molecule has 1 saturated heterocycles. The normalized spacial score (nSPS) is 17.4. The van der Waals surface area contributed by atoms with Gasteiger partial charge >= 0.3 is 5.97 Å². The Morgan fingerprint density at radius 3 is 1.96 bits per heavy atom. The zero-order valence-electron chi connectivity index (χ0n) is 42.7. The second kappa shape index (κ2) is 30.1. The monoisotopic (exact) mass is 946 g/mol. The molecule has 2 N–H and O–H groups in total. The summed E-state index contributed by atoms with van der Waals surface area (Å²) in [4.78, 5) is 87.4. The Kier molecular flexibility index (Phi) is 26.4. The van der Waals surface area contributed by atoms with Gasteiger partial charge < -0.3 is 53.8 Å². The van der Waals surface area contributed by atoms with Crippen molar-refractivity contribution < 1.29 is 57.2 Å². The molecular weight excluding hydrogens is 863 g/mol. The predicted molar refractivity (Wildman–Crippen MR) is 256 cm³/mol. The molecule has 1 aliphatic heterocycles. The Labute approximate surface area is 400 Å². The summed E-state index contributed by atoms with van der Waals surface area (Å²) in [6.45, 7) is 20.6. The van der Waals surface area contributed by atoms with Gasteiger partial charge in [-0.15, -0.1) is 0 Å². The van der Waals surface area contributed by atoms with Crippen LogP contribution in [0.25, 0.3) is 0 Å². The van der Waals surface area contributed by atoms with Gasteiger partial charge in [-0.1, -0.05) is 97.4 Å². The minimum Gasteiger partial charge on any atom is -0.467 e. The number of ether oxygens (including phenoxy) is 6. The van der Waals surface area contributed by atoms with Crippen LogP contribution >= 0.6 is 0 Å². The number of rotatable bonds is 31. The van der Waals surface area contributed by atoms with Crippen LogP contribution in [0.5, 0.6) is 0 Å². The van der Waals surface area contributed by atoms with E-state index >= 15 is 0 Å². The van der Waals surface area contributed by atoms with Gasteiger partial charge in [0.15, 0.2) is 0 Å². The number of likely N-dealkylation sites (N-methyl/N-ethyl adjacent to an activating group) is 2. The van der Waals surface area contributed by atoms with Crippen LogP contribution in [-0.2, 0) is 63.6 Å². The largest absolute Gasteiger partial charge is 0.467 e. The molecule has 0 aromatic heterocycles. The van der Waals surface area contributed by atoms with Crippen molar-refractivity contribution in [3.05, 3.63) is 48.0 Å². The topological polar surface area (TPSA) is 192 Å². The van der Waals surface area contributed by atoms with Crippen LogP contribution in [0.3, 0.4) is 0 Å². The number of methoxy groups -OCH3 is 3. The number of nitrogens with one attached hydrogen (secondary N) is 2. The van der Waals surface area contributed by atoms with E-state index in [0.717, 1.165) is 11.1 Å². The molecule has 1 aromatic rings.